The molecule has 2 amide bonds. The topological polar surface area (TPSA) is 59.4 Å². The van der Waals surface area contributed by atoms with Crippen LogP contribution in [-0.2, 0) is 16.7 Å². The van der Waals surface area contributed by atoms with Gasteiger partial charge in [-0.2, -0.15) is 5.10 Å². The van der Waals surface area contributed by atoms with Crippen LogP contribution in [0.5, 0.6) is 0 Å². The zero-order valence-electron chi connectivity index (χ0n) is 14.9. The fourth-order valence-corrected chi connectivity index (χ4v) is 3.42. The summed E-state index contributed by atoms with van der Waals surface area (Å²) in [4.78, 5) is 14.5. The average Bonchev–Trinajstić information content (AvgIpc) is 3.08. The molecule has 1 aromatic carbocycles. The Morgan fingerprint density at radius 2 is 2.12 bits per heavy atom. The first-order valence-corrected chi connectivity index (χ1v) is 8.74. The van der Waals surface area contributed by atoms with E-state index < -0.39 is 0 Å². The molecule has 0 aliphatic carbocycles. The van der Waals surface area contributed by atoms with Crippen LogP contribution in [0.25, 0.3) is 0 Å². The lowest BCUT2D eigenvalue weighted by Gasteiger charge is -2.40. The van der Waals surface area contributed by atoms with E-state index in [1.807, 2.05) is 23.2 Å². The summed E-state index contributed by atoms with van der Waals surface area (Å²) in [5, 5.41) is 7.27. The van der Waals surface area contributed by atoms with Crippen LogP contribution in [0.3, 0.4) is 0 Å². The molecule has 0 unspecified atom stereocenters. The van der Waals surface area contributed by atoms with Gasteiger partial charge in [-0.1, -0.05) is 37.3 Å². The molecule has 2 heterocycles. The highest BCUT2D eigenvalue weighted by molar-refractivity contribution is 5.88. The lowest BCUT2D eigenvalue weighted by atomic mass is 9.76. The summed E-state index contributed by atoms with van der Waals surface area (Å²) in [6.07, 6.45) is 3.94. The lowest BCUT2D eigenvalue weighted by molar-refractivity contribution is 0.166. The first kappa shape index (κ1) is 17.5. The lowest BCUT2D eigenvalue weighted by Crippen LogP contribution is -2.48. The third-order valence-corrected chi connectivity index (χ3v) is 4.85. The van der Waals surface area contributed by atoms with Crippen molar-refractivity contribution in [2.24, 2.45) is 0 Å². The number of likely N-dealkylation sites (tertiary alicyclic amines) is 1. The van der Waals surface area contributed by atoms with Gasteiger partial charge in [0.2, 0.25) is 0 Å². The maximum Gasteiger partial charge on any atom is 0.323 e. The molecule has 1 fully saturated rings. The van der Waals surface area contributed by atoms with Crippen molar-refractivity contribution < 1.29 is 9.53 Å². The van der Waals surface area contributed by atoms with Crippen molar-refractivity contribution in [2.75, 3.05) is 32.1 Å². The Morgan fingerprint density at radius 1 is 1.32 bits per heavy atom. The van der Waals surface area contributed by atoms with E-state index in [-0.39, 0.29) is 11.4 Å². The van der Waals surface area contributed by atoms with Crippen molar-refractivity contribution in [3.8, 4) is 0 Å². The highest BCUT2D eigenvalue weighted by Crippen LogP contribution is 2.33. The van der Waals surface area contributed by atoms with E-state index in [2.05, 4.69) is 41.6 Å². The van der Waals surface area contributed by atoms with Gasteiger partial charge in [-0.15, -0.1) is 0 Å². The van der Waals surface area contributed by atoms with Gasteiger partial charge in [-0.25, -0.2) is 4.79 Å². The van der Waals surface area contributed by atoms with E-state index in [1.54, 1.807) is 11.8 Å². The standard InChI is InChI=1S/C19H26N4O2/c1-19(16-7-4-3-5-8-16)10-6-11-22(15-19)18(24)20-17-9-12-23(21-17)13-14-25-2/h3-5,7-9,12H,6,10-11,13-15H2,1-2H3,(H,20,21,24)/t19-/m0/s1. The summed E-state index contributed by atoms with van der Waals surface area (Å²) in [6, 6.07) is 12.2. The van der Waals surface area contributed by atoms with E-state index in [1.165, 1.54) is 5.56 Å². The van der Waals surface area contributed by atoms with Gasteiger partial charge in [0.1, 0.15) is 0 Å². The number of methoxy groups -OCH3 is 1. The van der Waals surface area contributed by atoms with Crippen LogP contribution in [0.15, 0.2) is 42.6 Å². The fraction of sp³-hybridized carbons (Fsp3) is 0.474. The van der Waals surface area contributed by atoms with E-state index in [0.29, 0.717) is 25.5 Å². The maximum atomic E-state index is 12.7. The molecule has 1 aliphatic rings. The molecule has 0 spiro atoms. The monoisotopic (exact) mass is 342 g/mol. The number of anilines is 1. The number of hydrogen-bond donors (Lipinski definition) is 1. The third-order valence-electron chi connectivity index (χ3n) is 4.85. The van der Waals surface area contributed by atoms with E-state index in [4.69, 9.17) is 4.74 Å². The number of nitrogens with zero attached hydrogens (tertiary/aromatic N) is 3. The summed E-state index contributed by atoms with van der Waals surface area (Å²) in [6.45, 7) is 4.99. The third kappa shape index (κ3) is 4.20. The maximum absolute atomic E-state index is 12.7. The van der Waals surface area contributed by atoms with Crippen molar-refractivity contribution >= 4 is 11.8 Å². The molecular formula is C19H26N4O2. The van der Waals surface area contributed by atoms with Crippen molar-refractivity contribution in [3.05, 3.63) is 48.2 Å². The molecule has 1 saturated heterocycles. The number of piperidine rings is 1. The molecule has 1 aromatic heterocycles. The molecule has 25 heavy (non-hydrogen) atoms. The van der Waals surface area contributed by atoms with Crippen LogP contribution < -0.4 is 5.32 Å². The minimum absolute atomic E-state index is 0.00528. The number of aromatic nitrogens is 2. The molecule has 1 aliphatic heterocycles. The Bertz CT molecular complexity index is 700. The number of urea groups is 1. The quantitative estimate of drug-likeness (QED) is 0.908. The number of ether oxygens (including phenoxy) is 1. The summed E-state index contributed by atoms with van der Waals surface area (Å²) in [5.74, 6) is 0.577. The Kier molecular flexibility index (Phi) is 5.38. The van der Waals surface area contributed by atoms with Gasteiger partial charge in [-0.3, -0.25) is 10.00 Å². The number of carbonyl (C=O) groups excluding carboxylic acids is 1. The van der Waals surface area contributed by atoms with Crippen molar-refractivity contribution in [1.82, 2.24) is 14.7 Å². The summed E-state index contributed by atoms with van der Waals surface area (Å²) in [7, 11) is 1.66. The van der Waals surface area contributed by atoms with Gasteiger partial charge in [0, 0.05) is 37.9 Å². The molecule has 3 rings (SSSR count). The smallest absolute Gasteiger partial charge is 0.323 e. The molecule has 0 saturated carbocycles. The predicted molar refractivity (Wildman–Crippen MR) is 97.7 cm³/mol. The SMILES string of the molecule is COCCn1ccc(NC(=O)N2CCC[C@](C)(c3ccccc3)C2)n1. The minimum atomic E-state index is -0.0844. The number of carbonyl (C=O) groups is 1. The molecule has 6 heteroatoms. The van der Waals surface area contributed by atoms with Crippen LogP contribution in [0, 0.1) is 0 Å². The average molecular weight is 342 g/mol. The second-order valence-electron chi connectivity index (χ2n) is 6.84. The van der Waals surface area contributed by atoms with E-state index in [0.717, 1.165) is 19.4 Å². The molecule has 134 valence electrons. The molecule has 1 N–H and O–H groups in total. The highest BCUT2D eigenvalue weighted by Gasteiger charge is 2.34. The van der Waals surface area contributed by atoms with Crippen LogP contribution in [0.1, 0.15) is 25.3 Å². The minimum Gasteiger partial charge on any atom is -0.383 e. The first-order valence-electron chi connectivity index (χ1n) is 8.74. The van der Waals surface area contributed by atoms with Gasteiger partial charge in [0.25, 0.3) is 0 Å². The zero-order chi connectivity index (χ0) is 17.7. The second kappa shape index (κ2) is 7.70. The zero-order valence-corrected chi connectivity index (χ0v) is 14.9. The summed E-state index contributed by atoms with van der Waals surface area (Å²) in [5.41, 5.74) is 1.28. The fourth-order valence-electron chi connectivity index (χ4n) is 3.42. The number of benzene rings is 1. The number of amides is 2. The Morgan fingerprint density at radius 3 is 2.88 bits per heavy atom. The number of hydrogen-bond acceptors (Lipinski definition) is 3. The molecule has 0 radical (unpaired) electrons. The van der Waals surface area contributed by atoms with Crippen molar-refractivity contribution in [2.45, 2.75) is 31.7 Å². The second-order valence-corrected chi connectivity index (χ2v) is 6.84. The van der Waals surface area contributed by atoms with Gasteiger partial charge >= 0.3 is 6.03 Å². The molecule has 6 nitrogen and oxygen atoms in total. The number of rotatable bonds is 5. The van der Waals surface area contributed by atoms with Crippen LogP contribution in [0.4, 0.5) is 10.6 Å². The predicted octanol–water partition coefficient (Wildman–Crippen LogP) is 3.12. The van der Waals surface area contributed by atoms with Gasteiger partial charge in [0.05, 0.1) is 13.2 Å². The van der Waals surface area contributed by atoms with Crippen LogP contribution in [0.2, 0.25) is 0 Å². The van der Waals surface area contributed by atoms with Crippen LogP contribution in [-0.4, -0.2) is 47.5 Å². The normalized spacial score (nSPS) is 20.5. The first-order chi connectivity index (χ1) is 12.1. The summed E-state index contributed by atoms with van der Waals surface area (Å²) >= 11 is 0. The number of nitrogens with one attached hydrogen (secondary N) is 1. The van der Waals surface area contributed by atoms with Crippen molar-refractivity contribution in [3.63, 3.8) is 0 Å². The van der Waals surface area contributed by atoms with Crippen LogP contribution >= 0.6 is 0 Å². The Hall–Kier alpha value is -2.34. The highest BCUT2D eigenvalue weighted by atomic mass is 16.5. The Labute approximate surface area is 148 Å². The van der Waals surface area contributed by atoms with E-state index >= 15 is 0 Å². The van der Waals surface area contributed by atoms with Gasteiger partial charge in [0.15, 0.2) is 5.82 Å². The Balaban J connectivity index is 1.63. The molecule has 1 atom stereocenters. The van der Waals surface area contributed by atoms with Crippen molar-refractivity contribution in [1.29, 1.82) is 0 Å². The summed E-state index contributed by atoms with van der Waals surface area (Å²) < 4.78 is 6.81. The largest absolute Gasteiger partial charge is 0.383 e. The molecular weight excluding hydrogens is 316 g/mol. The van der Waals surface area contributed by atoms with Gasteiger partial charge in [-0.05, 0) is 18.4 Å². The molecule has 2 aromatic rings. The molecule has 0 bridgehead atoms. The van der Waals surface area contributed by atoms with Gasteiger partial charge < -0.3 is 9.64 Å². The van der Waals surface area contributed by atoms with E-state index in [9.17, 15) is 4.79 Å².